The van der Waals surface area contributed by atoms with Crippen LogP contribution in [0.1, 0.15) is 22.8 Å². The zero-order valence-corrected chi connectivity index (χ0v) is 8.00. The molecule has 0 spiro atoms. The number of hydrogen-bond donors (Lipinski definition) is 1. The molecule has 0 aliphatic rings. The summed E-state index contributed by atoms with van der Waals surface area (Å²) < 4.78 is 0. The van der Waals surface area contributed by atoms with Crippen molar-refractivity contribution >= 4 is 5.78 Å². The lowest BCUT2D eigenvalue weighted by Crippen LogP contribution is -2.19. The largest absolute Gasteiger partial charge is 0.313 e. The Morgan fingerprint density at radius 2 is 2.38 bits per heavy atom. The van der Waals surface area contributed by atoms with Gasteiger partial charge in [0, 0.05) is 18.0 Å². The number of Topliss-reactive ketones (excluding diaryl/α,β-unsaturated/α-hetero) is 1. The minimum Gasteiger partial charge on any atom is -0.313 e. The van der Waals surface area contributed by atoms with Crippen LogP contribution in [-0.4, -0.2) is 24.4 Å². The first-order valence-electron chi connectivity index (χ1n) is 4.40. The topological polar surface area (TPSA) is 42.0 Å². The molecule has 1 aromatic heterocycles. The van der Waals surface area contributed by atoms with Crippen molar-refractivity contribution in [1.29, 1.82) is 0 Å². The molecule has 0 aliphatic heterocycles. The molecule has 0 saturated heterocycles. The predicted molar refractivity (Wildman–Crippen MR) is 51.9 cm³/mol. The molecule has 1 aromatic rings. The van der Waals surface area contributed by atoms with Crippen molar-refractivity contribution in [2.24, 2.45) is 0 Å². The summed E-state index contributed by atoms with van der Waals surface area (Å²) in [5.74, 6) is 0.104. The van der Waals surface area contributed by atoms with Gasteiger partial charge in [0.1, 0.15) is 0 Å². The van der Waals surface area contributed by atoms with Gasteiger partial charge < -0.3 is 5.32 Å². The zero-order valence-electron chi connectivity index (χ0n) is 8.00. The minimum absolute atomic E-state index is 0.104. The second kappa shape index (κ2) is 4.72. The highest BCUT2D eigenvalue weighted by Crippen LogP contribution is 2.07. The minimum atomic E-state index is 0.104. The number of ketones is 1. The number of nitrogens with zero attached hydrogens (tertiary/aromatic N) is 1. The number of likely N-dealkylation sites (N-methyl/N-ethyl adjacent to an activating group) is 1. The molecule has 3 nitrogen and oxygen atoms in total. The maximum absolute atomic E-state index is 11.5. The average molecular weight is 178 g/mol. The molecule has 1 N–H and O–H groups in total. The smallest absolute Gasteiger partial charge is 0.178 e. The Bertz CT molecular complexity index is 297. The van der Waals surface area contributed by atoms with Crippen LogP contribution in [0.2, 0.25) is 0 Å². The van der Waals surface area contributed by atoms with Crippen molar-refractivity contribution in [2.45, 2.75) is 13.3 Å². The highest BCUT2D eigenvalue weighted by atomic mass is 16.1. The maximum Gasteiger partial charge on any atom is 0.178 e. The molecule has 1 rings (SSSR count). The summed E-state index contributed by atoms with van der Waals surface area (Å²) in [6, 6.07) is 1.89. The molecule has 0 fully saturated rings. The fourth-order valence-electron chi connectivity index (χ4n) is 1.24. The van der Waals surface area contributed by atoms with Crippen molar-refractivity contribution in [3.8, 4) is 0 Å². The monoisotopic (exact) mass is 178 g/mol. The number of aromatic nitrogens is 1. The van der Waals surface area contributed by atoms with Gasteiger partial charge in [-0.05, 0) is 25.1 Å². The van der Waals surface area contributed by atoms with Gasteiger partial charge in [-0.2, -0.15) is 0 Å². The van der Waals surface area contributed by atoms with Crippen LogP contribution in [0, 0.1) is 0 Å². The summed E-state index contributed by atoms with van der Waals surface area (Å²) in [7, 11) is 1.76. The molecule has 0 amide bonds. The fraction of sp³-hybridized carbons (Fsp3) is 0.400. The maximum atomic E-state index is 11.5. The van der Waals surface area contributed by atoms with Crippen LogP contribution in [0.3, 0.4) is 0 Å². The van der Waals surface area contributed by atoms with E-state index in [9.17, 15) is 4.79 Å². The van der Waals surface area contributed by atoms with Gasteiger partial charge in [0.2, 0.25) is 0 Å². The standard InChI is InChI=1S/C10H14N2O/c1-3-8-4-5-12-6-9(8)10(13)7-11-2/h4-6,11H,3,7H2,1-2H3. The van der Waals surface area contributed by atoms with Gasteiger partial charge in [0.05, 0.1) is 6.54 Å². The predicted octanol–water partition coefficient (Wildman–Crippen LogP) is 1.05. The Kier molecular flexibility index (Phi) is 3.58. The van der Waals surface area contributed by atoms with E-state index >= 15 is 0 Å². The van der Waals surface area contributed by atoms with Crippen molar-refractivity contribution < 1.29 is 4.79 Å². The molecule has 0 radical (unpaired) electrons. The van der Waals surface area contributed by atoms with E-state index in [2.05, 4.69) is 10.3 Å². The molecule has 0 aliphatic carbocycles. The van der Waals surface area contributed by atoms with E-state index in [-0.39, 0.29) is 5.78 Å². The summed E-state index contributed by atoms with van der Waals surface area (Å²) in [6.45, 7) is 2.41. The zero-order chi connectivity index (χ0) is 9.68. The number of hydrogen-bond acceptors (Lipinski definition) is 3. The van der Waals surface area contributed by atoms with Crippen LogP contribution in [0.5, 0.6) is 0 Å². The normalized spacial score (nSPS) is 10.0. The number of carbonyl (C=O) groups is 1. The molecule has 3 heteroatoms. The highest BCUT2D eigenvalue weighted by molar-refractivity contribution is 5.98. The number of carbonyl (C=O) groups excluding carboxylic acids is 1. The van der Waals surface area contributed by atoms with Crippen LogP contribution in [0.15, 0.2) is 18.5 Å². The van der Waals surface area contributed by atoms with Gasteiger partial charge in [-0.3, -0.25) is 9.78 Å². The highest BCUT2D eigenvalue weighted by Gasteiger charge is 2.08. The number of rotatable bonds is 4. The van der Waals surface area contributed by atoms with E-state index in [0.29, 0.717) is 6.54 Å². The fourth-order valence-corrected chi connectivity index (χ4v) is 1.24. The molecule has 13 heavy (non-hydrogen) atoms. The Morgan fingerprint density at radius 3 is 3.00 bits per heavy atom. The Labute approximate surface area is 78.2 Å². The van der Waals surface area contributed by atoms with Crippen molar-refractivity contribution in [1.82, 2.24) is 10.3 Å². The van der Waals surface area contributed by atoms with E-state index in [1.165, 1.54) is 0 Å². The third-order valence-corrected chi connectivity index (χ3v) is 1.93. The van der Waals surface area contributed by atoms with Crippen molar-refractivity contribution in [3.05, 3.63) is 29.6 Å². The van der Waals surface area contributed by atoms with Gasteiger partial charge >= 0.3 is 0 Å². The SMILES string of the molecule is CCc1ccncc1C(=O)CNC. The molecule has 0 aromatic carbocycles. The molecular formula is C10H14N2O. The molecule has 0 unspecified atom stereocenters. The lowest BCUT2D eigenvalue weighted by atomic mass is 10.0. The second-order valence-corrected chi connectivity index (χ2v) is 2.84. The number of aryl methyl sites for hydroxylation is 1. The first kappa shape index (κ1) is 9.86. The Hall–Kier alpha value is -1.22. The first-order chi connectivity index (χ1) is 6.29. The van der Waals surface area contributed by atoms with Crippen LogP contribution < -0.4 is 5.32 Å². The summed E-state index contributed by atoms with van der Waals surface area (Å²) in [5.41, 5.74) is 1.80. The quantitative estimate of drug-likeness (QED) is 0.701. The molecule has 0 saturated carbocycles. The van der Waals surface area contributed by atoms with E-state index in [0.717, 1.165) is 17.5 Å². The second-order valence-electron chi connectivity index (χ2n) is 2.84. The molecule has 0 bridgehead atoms. The third kappa shape index (κ3) is 2.36. The lowest BCUT2D eigenvalue weighted by Gasteiger charge is -2.04. The van der Waals surface area contributed by atoms with Crippen LogP contribution in [-0.2, 0) is 6.42 Å². The number of pyridine rings is 1. The third-order valence-electron chi connectivity index (χ3n) is 1.93. The summed E-state index contributed by atoms with van der Waals surface area (Å²) in [5, 5.41) is 2.84. The van der Waals surface area contributed by atoms with Crippen LogP contribution >= 0.6 is 0 Å². The van der Waals surface area contributed by atoms with Crippen molar-refractivity contribution in [2.75, 3.05) is 13.6 Å². The van der Waals surface area contributed by atoms with Gasteiger partial charge in [-0.1, -0.05) is 6.92 Å². The molecular weight excluding hydrogens is 164 g/mol. The number of nitrogens with one attached hydrogen (secondary N) is 1. The molecule has 0 atom stereocenters. The Balaban J connectivity index is 2.92. The van der Waals surface area contributed by atoms with Crippen molar-refractivity contribution in [3.63, 3.8) is 0 Å². The molecule has 70 valence electrons. The van der Waals surface area contributed by atoms with E-state index in [1.807, 2.05) is 13.0 Å². The average Bonchev–Trinajstić information content (AvgIpc) is 2.18. The lowest BCUT2D eigenvalue weighted by molar-refractivity contribution is 0.0992. The van der Waals surface area contributed by atoms with Gasteiger partial charge in [-0.25, -0.2) is 0 Å². The van der Waals surface area contributed by atoms with E-state index in [1.54, 1.807) is 19.4 Å². The summed E-state index contributed by atoms with van der Waals surface area (Å²) in [6.07, 6.45) is 4.22. The van der Waals surface area contributed by atoms with Gasteiger partial charge in [-0.15, -0.1) is 0 Å². The van der Waals surface area contributed by atoms with Gasteiger partial charge in [0.15, 0.2) is 5.78 Å². The molecule has 1 heterocycles. The van der Waals surface area contributed by atoms with Crippen LogP contribution in [0.25, 0.3) is 0 Å². The van der Waals surface area contributed by atoms with E-state index < -0.39 is 0 Å². The van der Waals surface area contributed by atoms with E-state index in [4.69, 9.17) is 0 Å². The summed E-state index contributed by atoms with van der Waals surface area (Å²) in [4.78, 5) is 15.5. The Morgan fingerprint density at radius 1 is 1.62 bits per heavy atom. The van der Waals surface area contributed by atoms with Crippen LogP contribution in [0.4, 0.5) is 0 Å². The summed E-state index contributed by atoms with van der Waals surface area (Å²) >= 11 is 0. The van der Waals surface area contributed by atoms with Gasteiger partial charge in [0.25, 0.3) is 0 Å². The first-order valence-corrected chi connectivity index (χ1v) is 4.40.